The molecular weight excluding hydrogens is 463 g/mol. The molecule has 2 unspecified atom stereocenters. The lowest BCUT2D eigenvalue weighted by Crippen LogP contribution is -2.43. The number of hydrogen-bond donors (Lipinski definition) is 1. The zero-order valence-electron chi connectivity index (χ0n) is 19.0. The number of nitrogens with one attached hydrogen (secondary N) is 1. The molecule has 0 aliphatic heterocycles. The van der Waals surface area contributed by atoms with E-state index in [4.69, 9.17) is 32.8 Å². The van der Waals surface area contributed by atoms with Gasteiger partial charge in [-0.2, -0.15) is 0 Å². The highest BCUT2D eigenvalue weighted by Crippen LogP contribution is 2.71. The van der Waals surface area contributed by atoms with Crippen LogP contribution in [-0.4, -0.2) is 24.7 Å². The zero-order valence-corrected chi connectivity index (χ0v) is 20.5. The van der Waals surface area contributed by atoms with E-state index in [1.54, 1.807) is 49.6 Å². The maximum absolute atomic E-state index is 13.6. The van der Waals surface area contributed by atoms with E-state index < -0.39 is 16.8 Å². The Labute approximate surface area is 203 Å². The van der Waals surface area contributed by atoms with E-state index in [9.17, 15) is 9.59 Å². The first-order valence-corrected chi connectivity index (χ1v) is 11.5. The van der Waals surface area contributed by atoms with Crippen molar-refractivity contribution < 1.29 is 19.2 Å². The van der Waals surface area contributed by atoms with Gasteiger partial charge in [0.15, 0.2) is 0 Å². The van der Waals surface area contributed by atoms with Crippen LogP contribution < -0.4 is 10.1 Å². The maximum Gasteiger partial charge on any atom is 0.365 e. The number of rotatable bonds is 5. The van der Waals surface area contributed by atoms with Crippen LogP contribution in [0.5, 0.6) is 5.75 Å². The zero-order chi connectivity index (χ0) is 24.0. The summed E-state index contributed by atoms with van der Waals surface area (Å²) in [5.41, 5.74) is 0.168. The Bertz CT molecular complexity index is 1130. The van der Waals surface area contributed by atoms with Crippen molar-refractivity contribution in [3.05, 3.63) is 58.1 Å². The molecule has 0 saturated heterocycles. The molecule has 1 N–H and O–H groups in total. The van der Waals surface area contributed by atoms with Gasteiger partial charge in [-0.25, -0.2) is 4.79 Å². The van der Waals surface area contributed by atoms with Gasteiger partial charge in [0.05, 0.1) is 23.8 Å². The number of anilines is 1. The van der Waals surface area contributed by atoms with Crippen molar-refractivity contribution in [1.29, 1.82) is 0 Å². The molecule has 2 aliphatic rings. The highest BCUT2D eigenvalue weighted by molar-refractivity contribution is 6.35. The van der Waals surface area contributed by atoms with Crippen LogP contribution in [0, 0.1) is 16.2 Å². The first-order valence-electron chi connectivity index (χ1n) is 10.7. The summed E-state index contributed by atoms with van der Waals surface area (Å²) in [5, 5.41) is 8.16. The van der Waals surface area contributed by atoms with Gasteiger partial charge >= 0.3 is 5.97 Å². The van der Waals surface area contributed by atoms with Crippen LogP contribution in [0.25, 0.3) is 0 Å². The summed E-state index contributed by atoms with van der Waals surface area (Å²) in [5.74, 6) is -0.0168. The van der Waals surface area contributed by atoms with Crippen LogP contribution in [0.3, 0.4) is 0 Å². The molecule has 0 radical (unpaired) electrons. The highest BCUT2D eigenvalue weighted by atomic mass is 35.5. The summed E-state index contributed by atoms with van der Waals surface area (Å²) >= 11 is 12.2. The lowest BCUT2D eigenvalue weighted by Gasteiger charge is -2.39. The van der Waals surface area contributed by atoms with Crippen molar-refractivity contribution in [2.45, 2.75) is 40.0 Å². The van der Waals surface area contributed by atoms with E-state index >= 15 is 0 Å². The maximum atomic E-state index is 13.6. The van der Waals surface area contributed by atoms with Gasteiger partial charge in [0.2, 0.25) is 5.91 Å². The van der Waals surface area contributed by atoms with Gasteiger partial charge in [0.1, 0.15) is 5.75 Å². The minimum atomic E-state index is -0.693. The molecule has 2 fully saturated rings. The Kier molecular flexibility index (Phi) is 5.95. The van der Waals surface area contributed by atoms with Gasteiger partial charge in [0, 0.05) is 27.6 Å². The number of oxime groups is 1. The monoisotopic (exact) mass is 488 g/mol. The number of amides is 1. The molecule has 1 amide bonds. The predicted molar refractivity (Wildman–Crippen MR) is 129 cm³/mol. The van der Waals surface area contributed by atoms with Crippen molar-refractivity contribution in [3.63, 3.8) is 0 Å². The molecule has 0 aromatic heterocycles. The van der Waals surface area contributed by atoms with Gasteiger partial charge < -0.3 is 14.9 Å². The molecule has 33 heavy (non-hydrogen) atoms. The van der Waals surface area contributed by atoms with Crippen LogP contribution in [0.4, 0.5) is 5.69 Å². The number of fused-ring (bicyclic) bond motifs is 2. The largest absolute Gasteiger partial charge is 0.497 e. The fourth-order valence-corrected chi connectivity index (χ4v) is 5.80. The van der Waals surface area contributed by atoms with E-state index in [-0.39, 0.29) is 11.3 Å². The Morgan fingerprint density at radius 2 is 1.64 bits per heavy atom. The van der Waals surface area contributed by atoms with Gasteiger partial charge in [-0.3, -0.25) is 4.79 Å². The molecule has 0 heterocycles. The summed E-state index contributed by atoms with van der Waals surface area (Å²) in [4.78, 5) is 31.4. The van der Waals surface area contributed by atoms with Gasteiger partial charge in [-0.1, -0.05) is 49.1 Å². The average Bonchev–Trinajstić information content (AvgIpc) is 3.07. The topological polar surface area (TPSA) is 77.0 Å². The number of hydrogen-bond acceptors (Lipinski definition) is 5. The molecule has 2 bridgehead atoms. The van der Waals surface area contributed by atoms with Crippen LogP contribution in [-0.2, 0) is 9.63 Å². The van der Waals surface area contributed by atoms with E-state index in [1.165, 1.54) is 0 Å². The second kappa shape index (κ2) is 8.33. The molecular formula is C25H26Cl2N2O4. The molecule has 6 nitrogen and oxygen atoms in total. The summed E-state index contributed by atoms with van der Waals surface area (Å²) in [6, 6.07) is 11.6. The lowest BCUT2D eigenvalue weighted by molar-refractivity contribution is -0.130. The molecule has 2 aromatic carbocycles. The second-order valence-electron chi connectivity index (χ2n) is 9.47. The SMILES string of the molecule is COc1ccc(C(=O)O/N=C2/CC3(C(=O)Nc4cc(Cl)cc(Cl)c4)CCC2(C)C3(C)C)cc1. The third-order valence-electron chi connectivity index (χ3n) is 7.85. The Morgan fingerprint density at radius 1 is 1.00 bits per heavy atom. The molecule has 2 saturated carbocycles. The van der Waals surface area contributed by atoms with E-state index in [0.29, 0.717) is 39.9 Å². The van der Waals surface area contributed by atoms with Crippen LogP contribution in [0.1, 0.15) is 50.4 Å². The molecule has 2 atom stereocenters. The molecule has 2 aromatic rings. The fourth-order valence-electron chi connectivity index (χ4n) is 5.28. The third-order valence-corrected chi connectivity index (χ3v) is 8.29. The Morgan fingerprint density at radius 3 is 2.24 bits per heavy atom. The van der Waals surface area contributed by atoms with Crippen molar-refractivity contribution >= 4 is 46.5 Å². The standard InChI is InChI=1S/C25H26Cl2N2O4/c1-23(2)24(3)9-10-25(23,22(31)28-18-12-16(26)11-17(27)13-18)14-20(24)29-33-21(30)15-5-7-19(32-4)8-6-15/h5-8,11-13H,9-10,14H2,1-4H3,(H,28,31)/b29-20-. The quantitative estimate of drug-likeness (QED) is 0.391. The summed E-state index contributed by atoms with van der Waals surface area (Å²) < 4.78 is 5.12. The van der Waals surface area contributed by atoms with Crippen LogP contribution >= 0.6 is 23.2 Å². The summed E-state index contributed by atoms with van der Waals surface area (Å²) in [7, 11) is 1.56. The van der Waals surface area contributed by atoms with E-state index in [1.807, 2.05) is 0 Å². The Hall–Kier alpha value is -2.57. The molecule has 0 spiro atoms. The number of carbonyl (C=O) groups is 2. The predicted octanol–water partition coefficient (Wildman–Crippen LogP) is 6.37. The normalized spacial score (nSPS) is 26.3. The number of ether oxygens (including phenoxy) is 1. The third kappa shape index (κ3) is 3.79. The molecule has 8 heteroatoms. The number of halogens is 2. The van der Waals surface area contributed by atoms with Gasteiger partial charge in [0.25, 0.3) is 0 Å². The number of carbonyl (C=O) groups excluding carboxylic acids is 2. The molecule has 2 aliphatic carbocycles. The summed E-state index contributed by atoms with van der Waals surface area (Å²) in [6.07, 6.45) is 1.89. The van der Waals surface area contributed by atoms with Crippen molar-refractivity contribution in [2.24, 2.45) is 21.4 Å². The first kappa shape index (κ1) is 23.6. The van der Waals surface area contributed by atoms with Crippen LogP contribution in [0.15, 0.2) is 47.6 Å². The first-order chi connectivity index (χ1) is 15.5. The van der Waals surface area contributed by atoms with Gasteiger partial charge in [-0.05, 0) is 60.7 Å². The van der Waals surface area contributed by atoms with Crippen molar-refractivity contribution in [2.75, 3.05) is 12.4 Å². The smallest absolute Gasteiger partial charge is 0.365 e. The average molecular weight is 489 g/mol. The molecule has 4 rings (SSSR count). The number of methoxy groups -OCH3 is 1. The van der Waals surface area contributed by atoms with Crippen molar-refractivity contribution in [3.8, 4) is 5.75 Å². The number of benzene rings is 2. The van der Waals surface area contributed by atoms with Crippen molar-refractivity contribution in [1.82, 2.24) is 0 Å². The highest BCUT2D eigenvalue weighted by Gasteiger charge is 2.71. The Balaban J connectivity index is 1.57. The van der Waals surface area contributed by atoms with Crippen LogP contribution in [0.2, 0.25) is 10.0 Å². The second-order valence-corrected chi connectivity index (χ2v) is 10.3. The lowest BCUT2D eigenvalue weighted by atomic mass is 9.64. The summed E-state index contributed by atoms with van der Waals surface area (Å²) in [6.45, 7) is 6.25. The minimum absolute atomic E-state index is 0.110. The van der Waals surface area contributed by atoms with Gasteiger partial charge in [-0.15, -0.1) is 0 Å². The fraction of sp³-hybridized carbons (Fsp3) is 0.400. The number of nitrogens with zero attached hydrogens (tertiary/aromatic N) is 1. The van der Waals surface area contributed by atoms with E-state index in [2.05, 4.69) is 31.2 Å². The van der Waals surface area contributed by atoms with E-state index in [0.717, 1.165) is 12.1 Å². The molecule has 174 valence electrons. The minimum Gasteiger partial charge on any atom is -0.497 e.